The molecule has 3 heterocycles. The van der Waals surface area contributed by atoms with Crippen LogP contribution in [0.3, 0.4) is 0 Å². The summed E-state index contributed by atoms with van der Waals surface area (Å²) in [4.78, 5) is 16.3. The van der Waals surface area contributed by atoms with Crippen LogP contribution in [-0.4, -0.2) is 29.9 Å². The van der Waals surface area contributed by atoms with E-state index in [0.717, 1.165) is 28.5 Å². The summed E-state index contributed by atoms with van der Waals surface area (Å²) in [7, 11) is 0. The summed E-state index contributed by atoms with van der Waals surface area (Å²) in [5.74, 6) is 0.935. The highest BCUT2D eigenvalue weighted by Gasteiger charge is 2.21. The highest BCUT2D eigenvalue weighted by atomic mass is 15.2. The van der Waals surface area contributed by atoms with Crippen LogP contribution in [0.5, 0.6) is 0 Å². The second-order valence-electron chi connectivity index (χ2n) is 5.86. The van der Waals surface area contributed by atoms with E-state index >= 15 is 0 Å². The molecule has 0 aromatic carbocycles. The number of anilines is 1. The number of aromatic nitrogens is 5. The molecule has 0 atom stereocenters. The standard InChI is InChI=1S/C14H18N6/c1-9-11(17-8-16-9)12-13(19-14(2,3)4)20-6-5-15-7-10(20)18-12/h5-8,19H,1-4H3,(H,16,17). The maximum Gasteiger partial charge on any atom is 0.157 e. The quantitative estimate of drug-likeness (QED) is 0.751. The Hall–Kier alpha value is -2.37. The van der Waals surface area contributed by atoms with Gasteiger partial charge in [-0.2, -0.15) is 0 Å². The van der Waals surface area contributed by atoms with Crippen LogP contribution in [0.1, 0.15) is 26.5 Å². The zero-order valence-electron chi connectivity index (χ0n) is 12.1. The lowest BCUT2D eigenvalue weighted by Crippen LogP contribution is -2.27. The van der Waals surface area contributed by atoms with Gasteiger partial charge in [0.1, 0.15) is 17.2 Å². The van der Waals surface area contributed by atoms with Crippen molar-refractivity contribution in [3.63, 3.8) is 0 Å². The molecule has 0 unspecified atom stereocenters. The number of rotatable bonds is 2. The first-order chi connectivity index (χ1) is 9.46. The lowest BCUT2D eigenvalue weighted by atomic mass is 10.1. The minimum Gasteiger partial charge on any atom is -0.365 e. The zero-order valence-corrected chi connectivity index (χ0v) is 12.1. The van der Waals surface area contributed by atoms with Gasteiger partial charge in [0.25, 0.3) is 0 Å². The first kappa shape index (κ1) is 12.7. The molecular weight excluding hydrogens is 252 g/mol. The maximum atomic E-state index is 4.66. The van der Waals surface area contributed by atoms with Gasteiger partial charge in [0.05, 0.1) is 12.5 Å². The second-order valence-corrected chi connectivity index (χ2v) is 5.86. The normalized spacial score (nSPS) is 12.0. The predicted octanol–water partition coefficient (Wildman–Crippen LogP) is 2.64. The third-order valence-electron chi connectivity index (χ3n) is 2.98. The third kappa shape index (κ3) is 2.13. The monoisotopic (exact) mass is 270 g/mol. The van der Waals surface area contributed by atoms with Crippen molar-refractivity contribution in [2.24, 2.45) is 0 Å². The van der Waals surface area contributed by atoms with Gasteiger partial charge in [0.2, 0.25) is 0 Å². The van der Waals surface area contributed by atoms with Crippen molar-refractivity contribution >= 4 is 11.5 Å². The number of imidazole rings is 2. The van der Waals surface area contributed by atoms with Crippen molar-refractivity contribution in [3.8, 4) is 11.4 Å². The lowest BCUT2D eigenvalue weighted by molar-refractivity contribution is 0.629. The summed E-state index contributed by atoms with van der Waals surface area (Å²) in [6.07, 6.45) is 7.10. The fourth-order valence-electron chi connectivity index (χ4n) is 2.14. The lowest BCUT2D eigenvalue weighted by Gasteiger charge is -2.22. The van der Waals surface area contributed by atoms with E-state index in [9.17, 15) is 0 Å². The molecule has 6 nitrogen and oxygen atoms in total. The van der Waals surface area contributed by atoms with Crippen LogP contribution in [0.15, 0.2) is 24.9 Å². The fourth-order valence-corrected chi connectivity index (χ4v) is 2.14. The van der Waals surface area contributed by atoms with Gasteiger partial charge in [-0.15, -0.1) is 0 Å². The van der Waals surface area contributed by atoms with Crippen molar-refractivity contribution in [1.82, 2.24) is 24.3 Å². The molecule has 0 saturated carbocycles. The van der Waals surface area contributed by atoms with Gasteiger partial charge in [-0.25, -0.2) is 9.97 Å². The number of hydrogen-bond donors (Lipinski definition) is 2. The molecule has 0 fully saturated rings. The van der Waals surface area contributed by atoms with E-state index < -0.39 is 0 Å². The van der Waals surface area contributed by atoms with Crippen LogP contribution >= 0.6 is 0 Å². The SMILES string of the molecule is Cc1[nH]cnc1-c1nc2cnccn2c1NC(C)(C)C. The number of H-pyrrole nitrogens is 1. The molecule has 0 bridgehead atoms. The van der Waals surface area contributed by atoms with E-state index in [-0.39, 0.29) is 5.54 Å². The van der Waals surface area contributed by atoms with Crippen molar-refractivity contribution in [3.05, 3.63) is 30.6 Å². The van der Waals surface area contributed by atoms with E-state index in [1.807, 2.05) is 17.5 Å². The highest BCUT2D eigenvalue weighted by molar-refractivity contribution is 5.75. The minimum absolute atomic E-state index is 0.0712. The third-order valence-corrected chi connectivity index (χ3v) is 2.98. The Kier molecular flexibility index (Phi) is 2.74. The highest BCUT2D eigenvalue weighted by Crippen LogP contribution is 2.30. The van der Waals surface area contributed by atoms with Crippen LogP contribution in [0, 0.1) is 6.92 Å². The Balaban J connectivity index is 2.25. The summed E-state index contributed by atoms with van der Waals surface area (Å²) in [5.41, 5.74) is 3.43. The Morgan fingerprint density at radius 2 is 2.05 bits per heavy atom. The van der Waals surface area contributed by atoms with Crippen molar-refractivity contribution in [1.29, 1.82) is 0 Å². The number of fused-ring (bicyclic) bond motifs is 1. The summed E-state index contributed by atoms with van der Waals surface area (Å²) >= 11 is 0. The molecule has 0 spiro atoms. The molecule has 20 heavy (non-hydrogen) atoms. The summed E-state index contributed by atoms with van der Waals surface area (Å²) in [6, 6.07) is 0. The average Bonchev–Trinajstić information content (AvgIpc) is 2.92. The van der Waals surface area contributed by atoms with Gasteiger partial charge in [0.15, 0.2) is 5.65 Å². The number of aromatic amines is 1. The minimum atomic E-state index is -0.0712. The number of nitrogens with zero attached hydrogens (tertiary/aromatic N) is 4. The van der Waals surface area contributed by atoms with Gasteiger partial charge in [-0.05, 0) is 27.7 Å². The van der Waals surface area contributed by atoms with Crippen LogP contribution in [0.4, 0.5) is 5.82 Å². The average molecular weight is 270 g/mol. The van der Waals surface area contributed by atoms with Crippen molar-refractivity contribution in [2.45, 2.75) is 33.2 Å². The molecule has 0 amide bonds. The number of nitrogens with one attached hydrogen (secondary N) is 2. The Morgan fingerprint density at radius 1 is 1.25 bits per heavy atom. The molecule has 3 aromatic heterocycles. The van der Waals surface area contributed by atoms with Gasteiger partial charge >= 0.3 is 0 Å². The smallest absolute Gasteiger partial charge is 0.157 e. The van der Waals surface area contributed by atoms with E-state index in [1.54, 1.807) is 18.7 Å². The largest absolute Gasteiger partial charge is 0.365 e. The predicted molar refractivity (Wildman–Crippen MR) is 78.7 cm³/mol. The topological polar surface area (TPSA) is 70.9 Å². The van der Waals surface area contributed by atoms with Crippen molar-refractivity contribution < 1.29 is 0 Å². The van der Waals surface area contributed by atoms with E-state index in [2.05, 4.69) is 46.0 Å². The Morgan fingerprint density at radius 3 is 2.70 bits per heavy atom. The van der Waals surface area contributed by atoms with Crippen LogP contribution in [0.25, 0.3) is 17.0 Å². The van der Waals surface area contributed by atoms with Gasteiger partial charge in [0, 0.05) is 23.6 Å². The van der Waals surface area contributed by atoms with Gasteiger partial charge in [-0.3, -0.25) is 9.38 Å². The molecule has 0 aliphatic heterocycles. The van der Waals surface area contributed by atoms with Crippen LogP contribution < -0.4 is 5.32 Å². The summed E-state index contributed by atoms with van der Waals surface area (Å²) in [6.45, 7) is 8.35. The second kappa shape index (κ2) is 4.33. The number of hydrogen-bond acceptors (Lipinski definition) is 4. The van der Waals surface area contributed by atoms with Gasteiger partial charge < -0.3 is 10.3 Å². The molecule has 0 radical (unpaired) electrons. The molecular formula is C14H18N6. The summed E-state index contributed by atoms with van der Waals surface area (Å²) < 4.78 is 2.00. The fraction of sp³-hybridized carbons (Fsp3) is 0.357. The van der Waals surface area contributed by atoms with E-state index in [1.165, 1.54) is 0 Å². The molecule has 104 valence electrons. The molecule has 3 aromatic rings. The first-order valence-electron chi connectivity index (χ1n) is 6.56. The first-order valence-corrected chi connectivity index (χ1v) is 6.56. The van der Waals surface area contributed by atoms with E-state index in [4.69, 9.17) is 0 Å². The molecule has 0 aliphatic rings. The molecule has 0 aliphatic carbocycles. The molecule has 0 saturated heterocycles. The molecule has 2 N–H and O–H groups in total. The molecule has 3 rings (SSSR count). The Labute approximate surface area is 117 Å². The van der Waals surface area contributed by atoms with Gasteiger partial charge in [-0.1, -0.05) is 0 Å². The molecule has 6 heteroatoms. The number of aryl methyl sites for hydroxylation is 1. The van der Waals surface area contributed by atoms with Crippen LogP contribution in [-0.2, 0) is 0 Å². The maximum absolute atomic E-state index is 4.66. The van der Waals surface area contributed by atoms with Crippen molar-refractivity contribution in [2.75, 3.05) is 5.32 Å². The Bertz CT molecular complexity index is 746. The zero-order chi connectivity index (χ0) is 14.3. The summed E-state index contributed by atoms with van der Waals surface area (Å²) in [5, 5.41) is 3.51. The van der Waals surface area contributed by atoms with E-state index in [0.29, 0.717) is 0 Å². The van der Waals surface area contributed by atoms with Crippen LogP contribution in [0.2, 0.25) is 0 Å².